The summed E-state index contributed by atoms with van der Waals surface area (Å²) in [4.78, 5) is 12.2. The standard InChI is InChI=1S/C20H25NO3/c1-15(11-12-17-7-4-3-5-8-17)21-20(23)16(2)24-19-10-6-9-18(13-19)14-22/h3-10,13,15-16,22H,11-12,14H2,1-2H3,(H,21,23). The van der Waals surface area contributed by atoms with E-state index in [0.29, 0.717) is 5.75 Å². The molecular formula is C20H25NO3. The fraction of sp³-hybridized carbons (Fsp3) is 0.350. The Kier molecular flexibility index (Phi) is 6.82. The van der Waals surface area contributed by atoms with Crippen molar-refractivity contribution < 1.29 is 14.6 Å². The van der Waals surface area contributed by atoms with Crippen LogP contribution in [0.15, 0.2) is 54.6 Å². The Balaban J connectivity index is 1.79. The molecule has 0 fully saturated rings. The molecule has 0 heterocycles. The fourth-order valence-electron chi connectivity index (χ4n) is 2.44. The number of aliphatic hydroxyl groups is 1. The number of hydrogen-bond acceptors (Lipinski definition) is 3. The molecule has 2 N–H and O–H groups in total. The van der Waals surface area contributed by atoms with Gasteiger partial charge in [-0.2, -0.15) is 0 Å². The highest BCUT2D eigenvalue weighted by atomic mass is 16.5. The first-order valence-corrected chi connectivity index (χ1v) is 8.29. The molecule has 0 saturated heterocycles. The van der Waals surface area contributed by atoms with Crippen molar-refractivity contribution in [3.8, 4) is 5.75 Å². The molecule has 1 amide bonds. The fourth-order valence-corrected chi connectivity index (χ4v) is 2.44. The predicted molar refractivity (Wildman–Crippen MR) is 94.8 cm³/mol. The van der Waals surface area contributed by atoms with E-state index in [1.54, 1.807) is 25.1 Å². The lowest BCUT2D eigenvalue weighted by Crippen LogP contribution is -2.41. The van der Waals surface area contributed by atoms with Crippen LogP contribution >= 0.6 is 0 Å². The van der Waals surface area contributed by atoms with Crippen LogP contribution in [-0.4, -0.2) is 23.2 Å². The van der Waals surface area contributed by atoms with Gasteiger partial charge in [0.2, 0.25) is 0 Å². The van der Waals surface area contributed by atoms with Crippen molar-refractivity contribution in [3.05, 3.63) is 65.7 Å². The van der Waals surface area contributed by atoms with Crippen LogP contribution < -0.4 is 10.1 Å². The van der Waals surface area contributed by atoms with E-state index in [9.17, 15) is 4.79 Å². The topological polar surface area (TPSA) is 58.6 Å². The molecule has 0 spiro atoms. The average Bonchev–Trinajstić information content (AvgIpc) is 2.61. The van der Waals surface area contributed by atoms with Crippen LogP contribution in [0.2, 0.25) is 0 Å². The molecular weight excluding hydrogens is 302 g/mol. The molecule has 2 atom stereocenters. The zero-order chi connectivity index (χ0) is 17.4. The SMILES string of the molecule is CC(CCc1ccccc1)NC(=O)C(C)Oc1cccc(CO)c1. The number of nitrogens with one attached hydrogen (secondary N) is 1. The number of carbonyl (C=O) groups is 1. The van der Waals surface area contributed by atoms with Crippen molar-refractivity contribution in [3.63, 3.8) is 0 Å². The summed E-state index contributed by atoms with van der Waals surface area (Å²) in [6, 6.07) is 17.4. The zero-order valence-electron chi connectivity index (χ0n) is 14.2. The minimum atomic E-state index is -0.585. The van der Waals surface area contributed by atoms with E-state index < -0.39 is 6.10 Å². The first-order valence-electron chi connectivity index (χ1n) is 8.29. The number of carbonyl (C=O) groups excluding carboxylic acids is 1. The summed E-state index contributed by atoms with van der Waals surface area (Å²) in [6.07, 6.45) is 1.22. The van der Waals surface area contributed by atoms with Gasteiger partial charge < -0.3 is 15.2 Å². The second-order valence-electron chi connectivity index (χ2n) is 6.00. The lowest BCUT2D eigenvalue weighted by molar-refractivity contribution is -0.127. The summed E-state index contributed by atoms with van der Waals surface area (Å²) in [5.74, 6) is 0.450. The minimum absolute atomic E-state index is 0.0473. The molecule has 2 aromatic rings. The average molecular weight is 327 g/mol. The minimum Gasteiger partial charge on any atom is -0.481 e. The third kappa shape index (κ3) is 5.70. The smallest absolute Gasteiger partial charge is 0.260 e. The normalized spacial score (nSPS) is 13.1. The van der Waals surface area contributed by atoms with Gasteiger partial charge in [0.15, 0.2) is 6.10 Å². The Labute approximate surface area is 143 Å². The summed E-state index contributed by atoms with van der Waals surface area (Å²) in [6.45, 7) is 3.68. The van der Waals surface area contributed by atoms with Crippen molar-refractivity contribution in [2.75, 3.05) is 0 Å². The maximum absolute atomic E-state index is 12.2. The summed E-state index contributed by atoms with van der Waals surface area (Å²) in [5.41, 5.74) is 2.03. The Bertz CT molecular complexity index is 642. The van der Waals surface area contributed by atoms with Gasteiger partial charge in [-0.05, 0) is 49.9 Å². The third-order valence-electron chi connectivity index (χ3n) is 3.86. The number of amides is 1. The second-order valence-corrected chi connectivity index (χ2v) is 6.00. The number of rotatable bonds is 8. The third-order valence-corrected chi connectivity index (χ3v) is 3.86. The summed E-state index contributed by atoms with van der Waals surface area (Å²) in [5, 5.41) is 12.1. The maximum Gasteiger partial charge on any atom is 0.260 e. The highest BCUT2D eigenvalue weighted by Gasteiger charge is 2.17. The molecule has 0 aliphatic rings. The molecule has 4 heteroatoms. The van der Waals surface area contributed by atoms with E-state index in [1.165, 1.54) is 5.56 Å². The van der Waals surface area contributed by atoms with Gasteiger partial charge >= 0.3 is 0 Å². The van der Waals surface area contributed by atoms with Gasteiger partial charge in [0.05, 0.1) is 6.61 Å². The number of aryl methyl sites for hydroxylation is 1. The van der Waals surface area contributed by atoms with Gasteiger partial charge in [-0.25, -0.2) is 0 Å². The molecule has 2 aromatic carbocycles. The van der Waals surface area contributed by atoms with E-state index in [0.717, 1.165) is 18.4 Å². The summed E-state index contributed by atoms with van der Waals surface area (Å²) >= 11 is 0. The van der Waals surface area contributed by atoms with Crippen molar-refractivity contribution in [1.29, 1.82) is 0 Å². The summed E-state index contributed by atoms with van der Waals surface area (Å²) in [7, 11) is 0. The highest BCUT2D eigenvalue weighted by molar-refractivity contribution is 5.80. The van der Waals surface area contributed by atoms with Gasteiger partial charge in [-0.15, -0.1) is 0 Å². The number of aliphatic hydroxyl groups excluding tert-OH is 1. The Morgan fingerprint density at radius 3 is 2.50 bits per heavy atom. The van der Waals surface area contributed by atoms with Crippen LogP contribution in [0.4, 0.5) is 0 Å². The largest absolute Gasteiger partial charge is 0.481 e. The molecule has 0 bridgehead atoms. The van der Waals surface area contributed by atoms with E-state index in [4.69, 9.17) is 9.84 Å². The predicted octanol–water partition coefficient (Wildman–Crippen LogP) is 3.08. The number of ether oxygens (including phenoxy) is 1. The lowest BCUT2D eigenvalue weighted by atomic mass is 10.1. The first-order chi connectivity index (χ1) is 11.6. The van der Waals surface area contributed by atoms with Gasteiger partial charge in [-0.3, -0.25) is 4.79 Å². The van der Waals surface area contributed by atoms with Crippen LogP contribution in [0.3, 0.4) is 0 Å². The van der Waals surface area contributed by atoms with Crippen molar-refractivity contribution in [1.82, 2.24) is 5.32 Å². The van der Waals surface area contributed by atoms with Gasteiger partial charge in [0.25, 0.3) is 5.91 Å². The van der Waals surface area contributed by atoms with Crippen LogP contribution in [0.1, 0.15) is 31.4 Å². The maximum atomic E-state index is 12.2. The molecule has 0 aromatic heterocycles. The molecule has 2 rings (SSSR count). The van der Waals surface area contributed by atoms with Crippen LogP contribution in [0.25, 0.3) is 0 Å². The van der Waals surface area contributed by atoms with E-state index in [-0.39, 0.29) is 18.6 Å². The van der Waals surface area contributed by atoms with Gasteiger partial charge in [-0.1, -0.05) is 42.5 Å². The Hall–Kier alpha value is -2.33. The molecule has 0 aliphatic carbocycles. The van der Waals surface area contributed by atoms with Crippen LogP contribution in [0, 0.1) is 0 Å². The van der Waals surface area contributed by atoms with Gasteiger partial charge in [0, 0.05) is 6.04 Å². The summed E-state index contributed by atoms with van der Waals surface area (Å²) < 4.78 is 5.66. The number of benzene rings is 2. The highest BCUT2D eigenvalue weighted by Crippen LogP contribution is 2.15. The number of hydrogen-bond donors (Lipinski definition) is 2. The molecule has 24 heavy (non-hydrogen) atoms. The van der Waals surface area contributed by atoms with Crippen molar-refractivity contribution in [2.24, 2.45) is 0 Å². The van der Waals surface area contributed by atoms with E-state index in [2.05, 4.69) is 17.4 Å². The monoisotopic (exact) mass is 327 g/mol. The zero-order valence-corrected chi connectivity index (χ0v) is 14.2. The molecule has 2 unspecified atom stereocenters. The van der Waals surface area contributed by atoms with E-state index in [1.807, 2.05) is 31.2 Å². The molecule has 0 radical (unpaired) electrons. The molecule has 4 nitrogen and oxygen atoms in total. The van der Waals surface area contributed by atoms with Crippen molar-refractivity contribution in [2.45, 2.75) is 45.4 Å². The van der Waals surface area contributed by atoms with Crippen LogP contribution in [0.5, 0.6) is 5.75 Å². The molecule has 0 saturated carbocycles. The first kappa shape index (κ1) is 18.0. The quantitative estimate of drug-likeness (QED) is 0.783. The second kappa shape index (κ2) is 9.08. The van der Waals surface area contributed by atoms with Crippen LogP contribution in [-0.2, 0) is 17.8 Å². The van der Waals surface area contributed by atoms with Gasteiger partial charge in [0.1, 0.15) is 5.75 Å². The molecule has 128 valence electrons. The Morgan fingerprint density at radius 1 is 1.08 bits per heavy atom. The molecule has 0 aliphatic heterocycles. The van der Waals surface area contributed by atoms with Crippen molar-refractivity contribution >= 4 is 5.91 Å². The van der Waals surface area contributed by atoms with E-state index >= 15 is 0 Å². The lowest BCUT2D eigenvalue weighted by Gasteiger charge is -2.19. The Morgan fingerprint density at radius 2 is 1.79 bits per heavy atom.